The van der Waals surface area contributed by atoms with Crippen LogP contribution in [0.2, 0.25) is 5.02 Å². The van der Waals surface area contributed by atoms with Crippen molar-refractivity contribution in [3.05, 3.63) is 58.1 Å². The fourth-order valence-electron chi connectivity index (χ4n) is 3.62. The summed E-state index contributed by atoms with van der Waals surface area (Å²) < 4.78 is 20.9. The molecule has 0 radical (unpaired) electrons. The lowest BCUT2D eigenvalue weighted by molar-refractivity contribution is -0.140. The first-order valence-corrected chi connectivity index (χ1v) is 10.1. The van der Waals surface area contributed by atoms with E-state index >= 15 is 0 Å². The number of ketones is 1. The Labute approximate surface area is 190 Å². The summed E-state index contributed by atoms with van der Waals surface area (Å²) in [6.07, 6.45) is 0. The third-order valence-corrected chi connectivity index (χ3v) is 5.53. The molecule has 1 amide bonds. The Morgan fingerprint density at radius 3 is 2.22 bits per heavy atom. The zero-order chi connectivity index (χ0) is 23.4. The van der Waals surface area contributed by atoms with Crippen LogP contribution in [0.5, 0.6) is 17.2 Å². The average molecular weight is 462 g/mol. The number of methoxy groups -OCH3 is 4. The third kappa shape index (κ3) is 4.24. The van der Waals surface area contributed by atoms with Gasteiger partial charge in [-0.2, -0.15) is 0 Å². The molecule has 1 aliphatic rings. The minimum Gasteiger partial charge on any atom is -0.507 e. The minimum absolute atomic E-state index is 0.0733. The Morgan fingerprint density at radius 1 is 1.00 bits per heavy atom. The SMILES string of the molecule is COCCN1C(=O)C(=O)/C(=C(/O)c2cc(Cl)c(OC)cc2OC)C1c1ccc(OC)cc1. The molecule has 1 fully saturated rings. The monoisotopic (exact) mass is 461 g/mol. The highest BCUT2D eigenvalue weighted by Gasteiger charge is 2.46. The Morgan fingerprint density at radius 2 is 1.66 bits per heavy atom. The number of hydrogen-bond donors (Lipinski definition) is 1. The lowest BCUT2D eigenvalue weighted by Crippen LogP contribution is -2.32. The number of hydrogen-bond acceptors (Lipinski definition) is 7. The van der Waals surface area contributed by atoms with Crippen molar-refractivity contribution in [3.63, 3.8) is 0 Å². The molecule has 3 rings (SSSR count). The highest BCUT2D eigenvalue weighted by molar-refractivity contribution is 6.46. The van der Waals surface area contributed by atoms with E-state index in [-0.39, 0.29) is 35.1 Å². The molecule has 0 saturated carbocycles. The van der Waals surface area contributed by atoms with Gasteiger partial charge in [-0.25, -0.2) is 0 Å². The van der Waals surface area contributed by atoms with Gasteiger partial charge in [-0.3, -0.25) is 9.59 Å². The van der Waals surface area contributed by atoms with Gasteiger partial charge in [0.1, 0.15) is 23.0 Å². The molecule has 1 aliphatic heterocycles. The number of benzene rings is 2. The van der Waals surface area contributed by atoms with Crippen molar-refractivity contribution in [1.29, 1.82) is 0 Å². The Balaban J connectivity index is 2.22. The van der Waals surface area contributed by atoms with Crippen molar-refractivity contribution in [2.24, 2.45) is 0 Å². The summed E-state index contributed by atoms with van der Waals surface area (Å²) in [6, 6.07) is 9.01. The normalized spacial score (nSPS) is 17.5. The maximum atomic E-state index is 13.0. The number of aliphatic hydroxyl groups excluding tert-OH is 1. The van der Waals surface area contributed by atoms with E-state index in [2.05, 4.69) is 0 Å². The van der Waals surface area contributed by atoms with Crippen LogP contribution in [-0.4, -0.2) is 63.3 Å². The number of likely N-dealkylation sites (tertiary alicyclic amines) is 1. The van der Waals surface area contributed by atoms with E-state index in [1.165, 1.54) is 38.4 Å². The molecule has 1 unspecified atom stereocenters. The summed E-state index contributed by atoms with van der Waals surface area (Å²) in [7, 11) is 5.91. The summed E-state index contributed by atoms with van der Waals surface area (Å²) in [5, 5.41) is 11.4. The van der Waals surface area contributed by atoms with Gasteiger partial charge in [0.25, 0.3) is 11.7 Å². The maximum absolute atomic E-state index is 13.0. The molecule has 1 saturated heterocycles. The molecule has 0 bridgehead atoms. The number of Topliss-reactive ketones (excluding diaryl/α,β-unsaturated/α-hetero) is 1. The molecule has 0 aliphatic carbocycles. The highest BCUT2D eigenvalue weighted by Crippen LogP contribution is 2.43. The van der Waals surface area contributed by atoms with E-state index in [0.717, 1.165) is 0 Å². The van der Waals surface area contributed by atoms with Crippen LogP contribution in [0.15, 0.2) is 42.0 Å². The molecule has 0 spiro atoms. The maximum Gasteiger partial charge on any atom is 0.295 e. The van der Waals surface area contributed by atoms with E-state index in [0.29, 0.717) is 17.1 Å². The lowest BCUT2D eigenvalue weighted by Gasteiger charge is -2.25. The van der Waals surface area contributed by atoms with E-state index in [4.69, 9.17) is 30.5 Å². The summed E-state index contributed by atoms with van der Waals surface area (Å²) in [5.74, 6) is -0.749. The molecule has 8 nitrogen and oxygen atoms in total. The fraction of sp³-hybridized carbons (Fsp3) is 0.304. The predicted molar refractivity (Wildman–Crippen MR) is 118 cm³/mol. The first kappa shape index (κ1) is 23.4. The van der Waals surface area contributed by atoms with E-state index in [1.54, 1.807) is 31.4 Å². The van der Waals surface area contributed by atoms with Gasteiger partial charge in [0.05, 0.1) is 50.1 Å². The molecule has 1 atom stereocenters. The van der Waals surface area contributed by atoms with Gasteiger partial charge in [0.15, 0.2) is 0 Å². The zero-order valence-electron chi connectivity index (χ0n) is 18.2. The van der Waals surface area contributed by atoms with E-state index in [1.807, 2.05) is 0 Å². The van der Waals surface area contributed by atoms with Gasteiger partial charge >= 0.3 is 0 Å². The number of carbonyl (C=O) groups excluding carboxylic acids is 2. The summed E-state index contributed by atoms with van der Waals surface area (Å²) in [6.45, 7) is 0.381. The second-order valence-corrected chi connectivity index (χ2v) is 7.35. The van der Waals surface area contributed by atoms with Crippen LogP contribution in [0.4, 0.5) is 0 Å². The molecule has 1 heterocycles. The lowest BCUT2D eigenvalue weighted by atomic mass is 9.95. The zero-order valence-corrected chi connectivity index (χ0v) is 18.9. The van der Waals surface area contributed by atoms with Crippen molar-refractivity contribution in [1.82, 2.24) is 4.90 Å². The molecule has 2 aromatic carbocycles. The van der Waals surface area contributed by atoms with Crippen LogP contribution in [-0.2, 0) is 14.3 Å². The number of nitrogens with zero attached hydrogens (tertiary/aromatic N) is 1. The molecule has 1 N–H and O–H groups in total. The largest absolute Gasteiger partial charge is 0.507 e. The molecule has 9 heteroatoms. The number of rotatable bonds is 8. The summed E-state index contributed by atoms with van der Waals surface area (Å²) in [4.78, 5) is 27.3. The number of amides is 1. The molecule has 32 heavy (non-hydrogen) atoms. The van der Waals surface area contributed by atoms with Crippen LogP contribution in [0, 0.1) is 0 Å². The van der Waals surface area contributed by atoms with Gasteiger partial charge in [0, 0.05) is 19.7 Å². The third-order valence-electron chi connectivity index (χ3n) is 5.24. The van der Waals surface area contributed by atoms with Crippen LogP contribution in [0.1, 0.15) is 17.2 Å². The minimum atomic E-state index is -0.832. The standard InChI is InChI=1S/C23H24ClNO7/c1-29-10-9-25-20(13-5-7-14(30-2)8-6-13)19(22(27)23(25)28)21(26)15-11-16(24)18(32-4)12-17(15)31-3/h5-8,11-12,20,26H,9-10H2,1-4H3/b21-19+. The Hall–Kier alpha value is -3.23. The first-order valence-electron chi connectivity index (χ1n) is 9.71. The van der Waals surface area contributed by atoms with Crippen LogP contribution in [0.25, 0.3) is 5.76 Å². The quantitative estimate of drug-likeness (QED) is 0.365. The molecular formula is C23H24ClNO7. The smallest absolute Gasteiger partial charge is 0.295 e. The number of halogens is 1. The van der Waals surface area contributed by atoms with Gasteiger partial charge < -0.3 is 29.0 Å². The molecular weight excluding hydrogens is 438 g/mol. The number of carbonyl (C=O) groups is 2. The topological polar surface area (TPSA) is 94.5 Å². The highest BCUT2D eigenvalue weighted by atomic mass is 35.5. The molecule has 0 aromatic heterocycles. The Bertz CT molecular complexity index is 1050. The predicted octanol–water partition coefficient (Wildman–Crippen LogP) is 3.43. The second-order valence-electron chi connectivity index (χ2n) is 6.95. The summed E-state index contributed by atoms with van der Waals surface area (Å²) >= 11 is 6.25. The van der Waals surface area contributed by atoms with Crippen LogP contribution < -0.4 is 14.2 Å². The van der Waals surface area contributed by atoms with Crippen molar-refractivity contribution in [2.75, 3.05) is 41.6 Å². The Kier molecular flexibility index (Phi) is 7.27. The van der Waals surface area contributed by atoms with E-state index in [9.17, 15) is 14.7 Å². The fourth-order valence-corrected chi connectivity index (χ4v) is 3.86. The van der Waals surface area contributed by atoms with Crippen molar-refractivity contribution < 1.29 is 33.6 Å². The van der Waals surface area contributed by atoms with Crippen molar-refractivity contribution >= 4 is 29.1 Å². The molecule has 170 valence electrons. The van der Waals surface area contributed by atoms with Crippen molar-refractivity contribution in [2.45, 2.75) is 6.04 Å². The van der Waals surface area contributed by atoms with E-state index < -0.39 is 23.5 Å². The van der Waals surface area contributed by atoms with Crippen LogP contribution >= 0.6 is 11.6 Å². The van der Waals surface area contributed by atoms with Gasteiger partial charge in [-0.15, -0.1) is 0 Å². The number of aliphatic hydroxyl groups is 1. The number of ether oxygens (including phenoxy) is 4. The average Bonchev–Trinajstić information content (AvgIpc) is 3.06. The molecule has 2 aromatic rings. The summed E-state index contributed by atoms with van der Waals surface area (Å²) in [5.41, 5.74) is 0.721. The van der Waals surface area contributed by atoms with Gasteiger partial charge in [0.2, 0.25) is 0 Å². The second kappa shape index (κ2) is 9.93. The van der Waals surface area contributed by atoms with Gasteiger partial charge in [-0.1, -0.05) is 23.7 Å². The van der Waals surface area contributed by atoms with Crippen molar-refractivity contribution in [3.8, 4) is 17.2 Å². The van der Waals surface area contributed by atoms with Gasteiger partial charge in [-0.05, 0) is 23.8 Å². The first-order chi connectivity index (χ1) is 15.4. The van der Waals surface area contributed by atoms with Crippen LogP contribution in [0.3, 0.4) is 0 Å².